The third kappa shape index (κ3) is 5.98. The minimum absolute atomic E-state index is 0. The van der Waals surface area contributed by atoms with Crippen LogP contribution >= 0.6 is 24.8 Å². The Kier molecular flexibility index (Phi) is 8.87. The molecule has 0 saturated heterocycles. The van der Waals surface area contributed by atoms with E-state index in [1.54, 1.807) is 12.1 Å². The molecule has 0 fully saturated rings. The summed E-state index contributed by atoms with van der Waals surface area (Å²) in [7, 11) is 0. The van der Waals surface area contributed by atoms with Crippen LogP contribution in [0.15, 0.2) is 66.7 Å². The Morgan fingerprint density at radius 1 is 0.880 bits per heavy atom. The lowest BCUT2D eigenvalue weighted by molar-refractivity contribution is 0.594. The fourth-order valence-electron chi connectivity index (χ4n) is 2.71. The highest BCUT2D eigenvalue weighted by atomic mass is 35.5. The molecule has 3 N–H and O–H groups in total. The summed E-state index contributed by atoms with van der Waals surface area (Å²) in [6.45, 7) is 1.55. The molecule has 134 valence electrons. The van der Waals surface area contributed by atoms with Crippen molar-refractivity contribution >= 4 is 35.6 Å². The second kappa shape index (κ2) is 10.4. The Hall–Kier alpha value is -1.65. The predicted molar refractivity (Wildman–Crippen MR) is 108 cm³/mol. The Morgan fingerprint density at radius 3 is 2.28 bits per heavy atom. The lowest BCUT2D eigenvalue weighted by atomic mass is 10.0. The Labute approximate surface area is 160 Å². The van der Waals surface area contributed by atoms with Gasteiger partial charge in [-0.3, -0.25) is 0 Å². The van der Waals surface area contributed by atoms with Crippen molar-refractivity contribution in [2.24, 2.45) is 5.73 Å². The summed E-state index contributed by atoms with van der Waals surface area (Å²) >= 11 is 0. The fraction of sp³-hybridized carbons (Fsp3) is 0.200. The van der Waals surface area contributed by atoms with Gasteiger partial charge in [0, 0.05) is 12.6 Å². The normalized spacial score (nSPS) is 11.4. The number of halogens is 3. The van der Waals surface area contributed by atoms with Crippen molar-refractivity contribution in [1.29, 1.82) is 0 Å². The molecule has 1 atom stereocenters. The molecule has 25 heavy (non-hydrogen) atoms. The van der Waals surface area contributed by atoms with E-state index in [2.05, 4.69) is 47.8 Å². The van der Waals surface area contributed by atoms with Crippen LogP contribution < -0.4 is 11.1 Å². The topological polar surface area (TPSA) is 38.0 Å². The Bertz CT molecular complexity index is 778. The third-order valence-corrected chi connectivity index (χ3v) is 4.07. The van der Waals surface area contributed by atoms with Crippen molar-refractivity contribution in [3.05, 3.63) is 83.7 Å². The highest BCUT2D eigenvalue weighted by Gasteiger charge is 2.05. The van der Waals surface area contributed by atoms with E-state index in [9.17, 15) is 4.39 Å². The predicted octanol–water partition coefficient (Wildman–Crippen LogP) is 4.65. The van der Waals surface area contributed by atoms with E-state index >= 15 is 0 Å². The van der Waals surface area contributed by atoms with Gasteiger partial charge in [-0.1, -0.05) is 54.6 Å². The SMILES string of the molecule is Cl.Cl.NC(CNCCc1ccc2ccccc2c1)c1ccc(F)cc1. The van der Waals surface area contributed by atoms with Crippen molar-refractivity contribution < 1.29 is 4.39 Å². The first-order chi connectivity index (χ1) is 11.2. The van der Waals surface area contributed by atoms with Gasteiger partial charge < -0.3 is 11.1 Å². The fourth-order valence-corrected chi connectivity index (χ4v) is 2.71. The summed E-state index contributed by atoms with van der Waals surface area (Å²) in [5.74, 6) is -0.231. The summed E-state index contributed by atoms with van der Waals surface area (Å²) in [4.78, 5) is 0. The van der Waals surface area contributed by atoms with Crippen LogP contribution in [0.3, 0.4) is 0 Å². The van der Waals surface area contributed by atoms with Crippen molar-refractivity contribution in [3.63, 3.8) is 0 Å². The van der Waals surface area contributed by atoms with Crippen LogP contribution in [0.5, 0.6) is 0 Å². The van der Waals surface area contributed by atoms with Crippen LogP contribution in [0.1, 0.15) is 17.2 Å². The standard InChI is InChI=1S/C20H21FN2.2ClH/c21-19-9-7-17(8-10-19)20(22)14-23-12-11-15-5-6-16-3-1-2-4-18(16)13-15;;/h1-10,13,20,23H,11-12,14,22H2;2*1H. The van der Waals surface area contributed by atoms with E-state index in [-0.39, 0.29) is 36.7 Å². The molecule has 0 aliphatic rings. The molecule has 2 nitrogen and oxygen atoms in total. The smallest absolute Gasteiger partial charge is 0.123 e. The van der Waals surface area contributed by atoms with Crippen LogP contribution in [-0.4, -0.2) is 13.1 Å². The van der Waals surface area contributed by atoms with Gasteiger partial charge in [0.05, 0.1) is 0 Å². The summed E-state index contributed by atoms with van der Waals surface area (Å²) in [6.07, 6.45) is 0.959. The second-order valence-electron chi connectivity index (χ2n) is 5.79. The van der Waals surface area contributed by atoms with Gasteiger partial charge in [0.2, 0.25) is 0 Å². The monoisotopic (exact) mass is 380 g/mol. The maximum Gasteiger partial charge on any atom is 0.123 e. The molecule has 3 rings (SSSR count). The molecule has 3 aromatic carbocycles. The van der Waals surface area contributed by atoms with Gasteiger partial charge in [0.25, 0.3) is 0 Å². The van der Waals surface area contributed by atoms with Crippen LogP contribution in [0.2, 0.25) is 0 Å². The average Bonchev–Trinajstić information content (AvgIpc) is 2.59. The lowest BCUT2D eigenvalue weighted by Gasteiger charge is -2.13. The summed E-state index contributed by atoms with van der Waals surface area (Å²) in [5.41, 5.74) is 8.37. The van der Waals surface area contributed by atoms with Crippen molar-refractivity contribution in [1.82, 2.24) is 5.32 Å². The number of rotatable bonds is 6. The van der Waals surface area contributed by atoms with Crippen LogP contribution in [0.25, 0.3) is 10.8 Å². The van der Waals surface area contributed by atoms with E-state index in [1.165, 1.54) is 28.5 Å². The van der Waals surface area contributed by atoms with E-state index in [1.807, 2.05) is 0 Å². The van der Waals surface area contributed by atoms with Crippen LogP contribution in [-0.2, 0) is 6.42 Å². The zero-order valence-electron chi connectivity index (χ0n) is 13.8. The van der Waals surface area contributed by atoms with Gasteiger partial charge >= 0.3 is 0 Å². The molecule has 0 aliphatic heterocycles. The first kappa shape index (κ1) is 21.4. The second-order valence-corrected chi connectivity index (χ2v) is 5.79. The summed E-state index contributed by atoms with van der Waals surface area (Å²) in [6, 6.07) is 21.2. The van der Waals surface area contributed by atoms with Gasteiger partial charge in [-0.2, -0.15) is 0 Å². The van der Waals surface area contributed by atoms with Gasteiger partial charge in [0.1, 0.15) is 5.82 Å². The van der Waals surface area contributed by atoms with Gasteiger partial charge in [-0.05, 0) is 47.0 Å². The van der Waals surface area contributed by atoms with Gasteiger partial charge in [-0.15, -0.1) is 24.8 Å². The molecule has 5 heteroatoms. The maximum absolute atomic E-state index is 12.9. The molecule has 0 radical (unpaired) electrons. The average molecular weight is 381 g/mol. The Morgan fingerprint density at radius 2 is 1.56 bits per heavy atom. The zero-order valence-corrected chi connectivity index (χ0v) is 15.5. The minimum Gasteiger partial charge on any atom is -0.323 e. The van der Waals surface area contributed by atoms with E-state index in [0.29, 0.717) is 6.54 Å². The number of nitrogens with one attached hydrogen (secondary N) is 1. The molecule has 0 saturated carbocycles. The van der Waals surface area contributed by atoms with E-state index in [4.69, 9.17) is 5.73 Å². The van der Waals surface area contributed by atoms with E-state index < -0.39 is 0 Å². The van der Waals surface area contributed by atoms with Gasteiger partial charge in [-0.25, -0.2) is 4.39 Å². The number of benzene rings is 3. The molecular formula is C20H23Cl2FN2. The minimum atomic E-state index is -0.231. The number of nitrogens with two attached hydrogens (primary N) is 1. The quantitative estimate of drug-likeness (QED) is 0.610. The van der Waals surface area contributed by atoms with Crippen molar-refractivity contribution in [3.8, 4) is 0 Å². The Balaban J connectivity index is 0.00000156. The van der Waals surface area contributed by atoms with Crippen LogP contribution in [0, 0.1) is 5.82 Å². The lowest BCUT2D eigenvalue weighted by Crippen LogP contribution is -2.28. The van der Waals surface area contributed by atoms with Crippen molar-refractivity contribution in [2.45, 2.75) is 12.5 Å². The molecule has 0 spiro atoms. The molecular weight excluding hydrogens is 358 g/mol. The highest BCUT2D eigenvalue weighted by Crippen LogP contribution is 2.16. The molecule has 0 aromatic heterocycles. The summed E-state index contributed by atoms with van der Waals surface area (Å²) < 4.78 is 12.9. The third-order valence-electron chi connectivity index (χ3n) is 4.07. The zero-order chi connectivity index (χ0) is 16.1. The first-order valence-electron chi connectivity index (χ1n) is 7.92. The van der Waals surface area contributed by atoms with Crippen LogP contribution in [0.4, 0.5) is 4.39 Å². The number of fused-ring (bicyclic) bond motifs is 1. The molecule has 1 unspecified atom stereocenters. The molecule has 0 heterocycles. The van der Waals surface area contributed by atoms with Gasteiger partial charge in [0.15, 0.2) is 0 Å². The van der Waals surface area contributed by atoms with Crippen molar-refractivity contribution in [2.75, 3.05) is 13.1 Å². The highest BCUT2D eigenvalue weighted by molar-refractivity contribution is 5.85. The molecule has 0 bridgehead atoms. The maximum atomic E-state index is 12.9. The van der Waals surface area contributed by atoms with E-state index in [0.717, 1.165) is 18.5 Å². The molecule has 0 aliphatic carbocycles. The molecule has 3 aromatic rings. The number of hydrogen-bond acceptors (Lipinski definition) is 2. The summed E-state index contributed by atoms with van der Waals surface area (Å²) in [5, 5.41) is 5.91. The first-order valence-corrected chi connectivity index (χ1v) is 7.92. The number of hydrogen-bond donors (Lipinski definition) is 2. The largest absolute Gasteiger partial charge is 0.323 e. The molecule has 0 amide bonds.